The molecule has 0 radical (unpaired) electrons. The Balaban J connectivity index is 1.47. The van der Waals surface area contributed by atoms with E-state index in [0.29, 0.717) is 41.3 Å². The Labute approximate surface area is 211 Å². The van der Waals surface area contributed by atoms with Gasteiger partial charge in [0.2, 0.25) is 0 Å². The molecule has 3 atom stereocenters. The van der Waals surface area contributed by atoms with E-state index < -0.39 is 11.6 Å². The number of ether oxygens (including phenoxy) is 4. The van der Waals surface area contributed by atoms with Gasteiger partial charge in [-0.25, -0.2) is 13.8 Å². The van der Waals surface area contributed by atoms with Gasteiger partial charge in [0.25, 0.3) is 0 Å². The molecule has 0 amide bonds. The first-order valence-corrected chi connectivity index (χ1v) is 12.9. The minimum absolute atomic E-state index is 0.0894. The molecule has 36 heavy (non-hydrogen) atoms. The van der Waals surface area contributed by atoms with E-state index in [9.17, 15) is 13.6 Å². The van der Waals surface area contributed by atoms with E-state index in [1.54, 1.807) is 12.1 Å². The minimum atomic E-state index is -0.941. The van der Waals surface area contributed by atoms with Crippen LogP contribution in [0.25, 0.3) is 11.3 Å². The number of nitrogens with zero attached hydrogens (tertiary/aromatic N) is 1. The minimum Gasteiger partial charge on any atom is -0.489 e. The van der Waals surface area contributed by atoms with Crippen LogP contribution < -0.4 is 4.74 Å². The zero-order valence-electron chi connectivity index (χ0n) is 21.2. The van der Waals surface area contributed by atoms with Crippen molar-refractivity contribution in [3.8, 4) is 17.0 Å². The fourth-order valence-electron chi connectivity index (χ4n) is 4.77. The first-order valence-electron chi connectivity index (χ1n) is 12.9. The van der Waals surface area contributed by atoms with E-state index >= 15 is 0 Å². The molecular formula is C28H35F2NO5. The number of aromatic nitrogens is 1. The summed E-state index contributed by atoms with van der Waals surface area (Å²) in [5.74, 6) is -1.60. The van der Waals surface area contributed by atoms with Crippen LogP contribution in [0.1, 0.15) is 70.1 Å². The van der Waals surface area contributed by atoms with Crippen LogP contribution in [0, 0.1) is 24.5 Å². The Morgan fingerprint density at radius 3 is 2.64 bits per heavy atom. The lowest BCUT2D eigenvalue weighted by molar-refractivity contribution is -0.168. The number of benzene rings is 1. The third kappa shape index (κ3) is 6.79. The summed E-state index contributed by atoms with van der Waals surface area (Å²) < 4.78 is 51.3. The molecule has 0 bridgehead atoms. The van der Waals surface area contributed by atoms with Gasteiger partial charge in [0.1, 0.15) is 5.75 Å². The second kappa shape index (κ2) is 12.1. The van der Waals surface area contributed by atoms with Gasteiger partial charge in [-0.2, -0.15) is 0 Å². The molecule has 2 aromatic rings. The van der Waals surface area contributed by atoms with Crippen LogP contribution in [-0.2, 0) is 25.6 Å². The number of rotatable bonds is 8. The number of hydrogen-bond donors (Lipinski definition) is 0. The molecule has 1 aliphatic carbocycles. The molecule has 196 valence electrons. The zero-order chi connectivity index (χ0) is 25.7. The molecule has 0 spiro atoms. The summed E-state index contributed by atoms with van der Waals surface area (Å²) in [6.45, 7) is 6.24. The summed E-state index contributed by atoms with van der Waals surface area (Å²) in [4.78, 5) is 17.0. The Hall–Kier alpha value is -2.58. The predicted molar refractivity (Wildman–Crippen MR) is 130 cm³/mol. The van der Waals surface area contributed by atoms with E-state index in [0.717, 1.165) is 50.7 Å². The summed E-state index contributed by atoms with van der Waals surface area (Å²) in [6.07, 6.45) is 5.32. The first-order chi connectivity index (χ1) is 17.3. The van der Waals surface area contributed by atoms with Crippen LogP contribution in [0.5, 0.6) is 5.75 Å². The van der Waals surface area contributed by atoms with E-state index in [1.807, 2.05) is 20.8 Å². The van der Waals surface area contributed by atoms with Gasteiger partial charge >= 0.3 is 5.97 Å². The average Bonchev–Trinajstić information content (AvgIpc) is 2.86. The summed E-state index contributed by atoms with van der Waals surface area (Å²) in [7, 11) is 0. The van der Waals surface area contributed by atoms with Crippen molar-refractivity contribution in [3.05, 3.63) is 47.2 Å². The van der Waals surface area contributed by atoms with Crippen LogP contribution in [-0.4, -0.2) is 36.1 Å². The van der Waals surface area contributed by atoms with Gasteiger partial charge in [-0.05, 0) is 95.5 Å². The quantitative estimate of drug-likeness (QED) is 0.396. The second-order valence-corrected chi connectivity index (χ2v) is 9.90. The summed E-state index contributed by atoms with van der Waals surface area (Å²) >= 11 is 0. The normalized spacial score (nSPS) is 22.4. The number of aryl methyl sites for hydroxylation is 1. The van der Waals surface area contributed by atoms with Gasteiger partial charge in [-0.1, -0.05) is 0 Å². The molecule has 0 N–H and O–H groups in total. The Kier molecular flexibility index (Phi) is 8.90. The topological polar surface area (TPSA) is 66.9 Å². The number of pyridine rings is 1. The number of carbonyl (C=O) groups excluding carboxylic acids is 1. The smallest absolute Gasteiger partial charge is 0.309 e. The Bertz CT molecular complexity index is 1050. The molecule has 8 heteroatoms. The molecule has 2 aliphatic rings. The zero-order valence-corrected chi connectivity index (χ0v) is 21.2. The molecule has 6 nitrogen and oxygen atoms in total. The van der Waals surface area contributed by atoms with Crippen molar-refractivity contribution in [2.24, 2.45) is 5.92 Å². The van der Waals surface area contributed by atoms with Crippen molar-refractivity contribution in [1.82, 2.24) is 4.98 Å². The first kappa shape index (κ1) is 26.5. The molecule has 4 rings (SSSR count). The lowest BCUT2D eigenvalue weighted by Crippen LogP contribution is -2.31. The highest BCUT2D eigenvalue weighted by atomic mass is 19.2. The van der Waals surface area contributed by atoms with Crippen molar-refractivity contribution in [2.75, 3.05) is 6.61 Å². The van der Waals surface area contributed by atoms with Crippen LogP contribution in [0.3, 0.4) is 0 Å². The second-order valence-electron chi connectivity index (χ2n) is 9.90. The van der Waals surface area contributed by atoms with Gasteiger partial charge in [-0.3, -0.25) is 4.79 Å². The van der Waals surface area contributed by atoms with Crippen LogP contribution in [0.4, 0.5) is 8.78 Å². The fraction of sp³-hybridized carbons (Fsp3) is 0.571. The largest absolute Gasteiger partial charge is 0.489 e. The number of carbonyl (C=O) groups is 1. The van der Waals surface area contributed by atoms with E-state index in [-0.39, 0.29) is 37.0 Å². The summed E-state index contributed by atoms with van der Waals surface area (Å²) in [5.41, 5.74) is 2.10. The molecule has 1 aromatic carbocycles. The van der Waals surface area contributed by atoms with Crippen molar-refractivity contribution < 1.29 is 32.5 Å². The molecule has 1 unspecified atom stereocenters. The predicted octanol–water partition coefficient (Wildman–Crippen LogP) is 6.27. The third-order valence-electron chi connectivity index (χ3n) is 6.63. The molecule has 2 heterocycles. The SMILES string of the molecule is Cc1nc(-c2cc(F)c(F)cc2COC2CCCCO2)ccc1O[C@H]1CCC[C@H](C(=O)OC(C)C)C1. The highest BCUT2D eigenvalue weighted by Crippen LogP contribution is 2.32. The lowest BCUT2D eigenvalue weighted by atomic mass is 9.87. The monoisotopic (exact) mass is 503 g/mol. The average molecular weight is 504 g/mol. The van der Waals surface area contributed by atoms with Gasteiger partial charge in [0, 0.05) is 12.2 Å². The van der Waals surface area contributed by atoms with Crippen LogP contribution in [0.2, 0.25) is 0 Å². The summed E-state index contributed by atoms with van der Waals surface area (Å²) in [6, 6.07) is 5.85. The number of esters is 1. The Morgan fingerprint density at radius 2 is 1.92 bits per heavy atom. The van der Waals surface area contributed by atoms with E-state index in [2.05, 4.69) is 4.98 Å². The van der Waals surface area contributed by atoms with Crippen molar-refractivity contribution in [3.63, 3.8) is 0 Å². The molecule has 2 fully saturated rings. The lowest BCUT2D eigenvalue weighted by Gasteiger charge is -2.29. The maximum absolute atomic E-state index is 14.2. The van der Waals surface area contributed by atoms with E-state index in [1.165, 1.54) is 0 Å². The van der Waals surface area contributed by atoms with Crippen LogP contribution >= 0.6 is 0 Å². The highest BCUT2D eigenvalue weighted by molar-refractivity contribution is 5.72. The van der Waals surface area contributed by atoms with E-state index in [4.69, 9.17) is 18.9 Å². The highest BCUT2D eigenvalue weighted by Gasteiger charge is 2.30. The fourth-order valence-corrected chi connectivity index (χ4v) is 4.77. The van der Waals surface area contributed by atoms with Gasteiger partial charge < -0.3 is 18.9 Å². The van der Waals surface area contributed by atoms with Crippen molar-refractivity contribution >= 4 is 5.97 Å². The molecule has 1 saturated carbocycles. The number of halogens is 2. The van der Waals surface area contributed by atoms with Gasteiger partial charge in [-0.15, -0.1) is 0 Å². The van der Waals surface area contributed by atoms with Crippen molar-refractivity contribution in [1.29, 1.82) is 0 Å². The third-order valence-corrected chi connectivity index (χ3v) is 6.63. The summed E-state index contributed by atoms with van der Waals surface area (Å²) in [5, 5.41) is 0. The molecule has 1 aromatic heterocycles. The van der Waals surface area contributed by atoms with Crippen molar-refractivity contribution in [2.45, 2.75) is 90.8 Å². The van der Waals surface area contributed by atoms with Crippen LogP contribution in [0.15, 0.2) is 24.3 Å². The maximum atomic E-state index is 14.2. The standard InChI is InChI=1S/C28H35F2NO5/c1-17(2)35-28(32)19-7-6-8-21(13-19)36-26-11-10-25(31-18(26)3)22-15-24(30)23(29)14-20(22)16-34-27-9-4-5-12-33-27/h10-11,14-15,17,19,21,27H,4-9,12-13,16H2,1-3H3/t19-,21-,27?/m0/s1. The van der Waals surface area contributed by atoms with Gasteiger partial charge in [0.15, 0.2) is 17.9 Å². The van der Waals surface area contributed by atoms with Gasteiger partial charge in [0.05, 0.1) is 36.1 Å². The molecule has 1 aliphatic heterocycles. The molecule has 1 saturated heterocycles. The maximum Gasteiger partial charge on any atom is 0.309 e. The number of hydrogen-bond acceptors (Lipinski definition) is 6. The Morgan fingerprint density at radius 1 is 1.11 bits per heavy atom. The molecular weight excluding hydrogens is 468 g/mol.